The zero-order valence-corrected chi connectivity index (χ0v) is 17.8. The first kappa shape index (κ1) is 23.6. The molecule has 1 unspecified atom stereocenters. The molecule has 29 heavy (non-hydrogen) atoms. The lowest BCUT2D eigenvalue weighted by Gasteiger charge is -2.35. The third kappa shape index (κ3) is 7.93. The van der Waals surface area contributed by atoms with Gasteiger partial charge in [0.1, 0.15) is 12.6 Å². The van der Waals surface area contributed by atoms with Crippen LogP contribution in [0.25, 0.3) is 0 Å². The van der Waals surface area contributed by atoms with E-state index in [1.165, 1.54) is 0 Å². The Labute approximate surface area is 173 Å². The van der Waals surface area contributed by atoms with E-state index in [2.05, 4.69) is 10.6 Å². The fourth-order valence-corrected chi connectivity index (χ4v) is 4.06. The molecule has 0 bridgehead atoms. The van der Waals surface area contributed by atoms with Crippen LogP contribution >= 0.6 is 0 Å². The number of carboxylic acid groups (broad SMARTS) is 1. The molecule has 3 N–H and O–H groups in total. The summed E-state index contributed by atoms with van der Waals surface area (Å²) in [5, 5.41) is 15.1. The van der Waals surface area contributed by atoms with Crippen LogP contribution in [-0.2, 0) is 19.1 Å². The Balaban J connectivity index is 1.82. The lowest BCUT2D eigenvalue weighted by molar-refractivity contribution is -0.147. The van der Waals surface area contributed by atoms with Crippen LogP contribution in [-0.4, -0.2) is 72.7 Å². The van der Waals surface area contributed by atoms with Crippen molar-refractivity contribution in [2.24, 2.45) is 11.8 Å². The maximum Gasteiger partial charge on any atom is 0.329 e. The van der Waals surface area contributed by atoms with E-state index in [4.69, 9.17) is 9.84 Å². The zero-order valence-electron chi connectivity index (χ0n) is 17.8. The number of nitrogens with zero attached hydrogens (tertiary/aromatic N) is 1. The van der Waals surface area contributed by atoms with Crippen LogP contribution in [0, 0.1) is 11.8 Å². The van der Waals surface area contributed by atoms with Crippen LogP contribution in [0.3, 0.4) is 0 Å². The fourth-order valence-electron chi connectivity index (χ4n) is 4.06. The number of hydrogen-bond acceptors (Lipinski definition) is 5. The predicted molar refractivity (Wildman–Crippen MR) is 109 cm³/mol. The van der Waals surface area contributed by atoms with Gasteiger partial charge < -0.3 is 25.4 Å². The Bertz CT molecular complexity index is 542. The van der Waals surface area contributed by atoms with Crippen LogP contribution in [0.5, 0.6) is 0 Å². The molecule has 0 aromatic carbocycles. The Hall–Kier alpha value is -1.67. The van der Waals surface area contributed by atoms with E-state index in [1.807, 2.05) is 13.8 Å². The van der Waals surface area contributed by atoms with Crippen LogP contribution in [0.15, 0.2) is 0 Å². The molecule has 2 aliphatic rings. The maximum atomic E-state index is 13.1. The van der Waals surface area contributed by atoms with Crippen LogP contribution in [0.4, 0.5) is 0 Å². The number of carboxylic acids is 1. The lowest BCUT2D eigenvalue weighted by Crippen LogP contribution is -2.54. The van der Waals surface area contributed by atoms with Gasteiger partial charge >= 0.3 is 5.97 Å². The topological polar surface area (TPSA) is 108 Å². The zero-order chi connectivity index (χ0) is 21.2. The Morgan fingerprint density at radius 3 is 2.41 bits per heavy atom. The summed E-state index contributed by atoms with van der Waals surface area (Å²) in [7, 11) is 0. The number of piperidine rings is 2. The van der Waals surface area contributed by atoms with Crippen molar-refractivity contribution in [1.29, 1.82) is 0 Å². The summed E-state index contributed by atoms with van der Waals surface area (Å²) in [4.78, 5) is 38.0. The van der Waals surface area contributed by atoms with Gasteiger partial charge in [0.05, 0.1) is 6.10 Å². The van der Waals surface area contributed by atoms with Gasteiger partial charge in [-0.15, -0.1) is 0 Å². The van der Waals surface area contributed by atoms with Crippen molar-refractivity contribution in [3.63, 3.8) is 0 Å². The maximum absolute atomic E-state index is 13.1. The van der Waals surface area contributed by atoms with Gasteiger partial charge in [-0.25, -0.2) is 4.79 Å². The second kappa shape index (κ2) is 12.1. The van der Waals surface area contributed by atoms with Gasteiger partial charge in [0, 0.05) is 19.5 Å². The standard InChI is InChI=1S/C21H37N3O5/c1-3-15(2)20(23-18(25)5-4-16-6-10-22-11-7-16)21(28)24-12-8-17(9-13-24)29-14-19(26)27/h15-17,20,22H,3-14H2,1-2H3,(H,23,25)(H,26,27)/t15?,20-/m0/s1. The predicted octanol–water partition coefficient (Wildman–Crippen LogP) is 1.39. The number of carbonyl (C=O) groups excluding carboxylic acids is 2. The highest BCUT2D eigenvalue weighted by Gasteiger charge is 2.32. The third-order valence-corrected chi connectivity index (χ3v) is 6.23. The smallest absolute Gasteiger partial charge is 0.329 e. The van der Waals surface area contributed by atoms with Gasteiger partial charge in [0.25, 0.3) is 0 Å². The Kier molecular flexibility index (Phi) is 9.87. The molecule has 2 amide bonds. The molecule has 166 valence electrons. The van der Waals surface area contributed by atoms with Crippen molar-refractivity contribution in [3.05, 3.63) is 0 Å². The first-order valence-corrected chi connectivity index (χ1v) is 11.0. The number of aliphatic carboxylic acids is 1. The third-order valence-electron chi connectivity index (χ3n) is 6.23. The molecule has 8 heteroatoms. The highest BCUT2D eigenvalue weighted by molar-refractivity contribution is 5.88. The van der Waals surface area contributed by atoms with Crippen molar-refractivity contribution in [2.45, 2.75) is 70.9 Å². The lowest BCUT2D eigenvalue weighted by atomic mass is 9.92. The molecular formula is C21H37N3O5. The molecule has 2 atom stereocenters. The average molecular weight is 412 g/mol. The number of carbonyl (C=O) groups is 3. The number of likely N-dealkylation sites (tertiary alicyclic amines) is 1. The summed E-state index contributed by atoms with van der Waals surface area (Å²) in [5.74, 6) is -0.406. The minimum absolute atomic E-state index is 0.0359. The minimum atomic E-state index is -0.979. The van der Waals surface area contributed by atoms with E-state index in [-0.39, 0.29) is 30.4 Å². The number of nitrogens with one attached hydrogen (secondary N) is 2. The van der Waals surface area contributed by atoms with E-state index in [9.17, 15) is 14.4 Å². The van der Waals surface area contributed by atoms with Gasteiger partial charge in [0.15, 0.2) is 0 Å². The monoisotopic (exact) mass is 411 g/mol. The van der Waals surface area contributed by atoms with Crippen molar-refractivity contribution < 1.29 is 24.2 Å². The molecule has 2 rings (SSSR count). The normalized spacial score (nSPS) is 20.8. The molecule has 2 saturated heterocycles. The molecule has 0 spiro atoms. The molecule has 0 aromatic rings. The highest BCUT2D eigenvalue weighted by atomic mass is 16.5. The number of rotatable bonds is 10. The highest BCUT2D eigenvalue weighted by Crippen LogP contribution is 2.20. The summed E-state index contributed by atoms with van der Waals surface area (Å²) in [6.45, 7) is 6.82. The molecular weight excluding hydrogens is 374 g/mol. The fraction of sp³-hybridized carbons (Fsp3) is 0.857. The molecule has 8 nitrogen and oxygen atoms in total. The van der Waals surface area contributed by atoms with Crippen molar-refractivity contribution >= 4 is 17.8 Å². The van der Waals surface area contributed by atoms with Gasteiger partial charge in [-0.05, 0) is 57.0 Å². The van der Waals surface area contributed by atoms with Crippen LogP contribution in [0.2, 0.25) is 0 Å². The second-order valence-electron chi connectivity index (χ2n) is 8.39. The summed E-state index contributed by atoms with van der Waals surface area (Å²) in [6.07, 6.45) is 5.49. The molecule has 0 radical (unpaired) electrons. The minimum Gasteiger partial charge on any atom is -0.480 e. The van der Waals surface area contributed by atoms with E-state index in [0.29, 0.717) is 38.3 Å². The Morgan fingerprint density at radius 2 is 1.83 bits per heavy atom. The van der Waals surface area contributed by atoms with Crippen LogP contribution < -0.4 is 10.6 Å². The first-order chi connectivity index (χ1) is 13.9. The quantitative estimate of drug-likeness (QED) is 0.501. The molecule has 2 aliphatic heterocycles. The summed E-state index contributed by atoms with van der Waals surface area (Å²) in [6, 6.07) is -0.503. The van der Waals surface area contributed by atoms with Gasteiger partial charge in [0.2, 0.25) is 11.8 Å². The van der Waals surface area contributed by atoms with Crippen molar-refractivity contribution in [3.8, 4) is 0 Å². The van der Waals surface area contributed by atoms with E-state index in [0.717, 1.165) is 38.8 Å². The van der Waals surface area contributed by atoms with Gasteiger partial charge in [-0.3, -0.25) is 9.59 Å². The molecule has 0 aromatic heterocycles. The largest absolute Gasteiger partial charge is 0.480 e. The van der Waals surface area contributed by atoms with Gasteiger partial charge in [-0.2, -0.15) is 0 Å². The van der Waals surface area contributed by atoms with Crippen molar-refractivity contribution in [2.75, 3.05) is 32.8 Å². The number of hydrogen-bond donors (Lipinski definition) is 3. The van der Waals surface area contributed by atoms with Crippen molar-refractivity contribution in [1.82, 2.24) is 15.5 Å². The summed E-state index contributed by atoms with van der Waals surface area (Å²) < 4.78 is 5.34. The summed E-state index contributed by atoms with van der Waals surface area (Å²) >= 11 is 0. The van der Waals surface area contributed by atoms with Gasteiger partial charge in [-0.1, -0.05) is 20.3 Å². The molecule has 0 aliphatic carbocycles. The van der Waals surface area contributed by atoms with E-state index >= 15 is 0 Å². The van der Waals surface area contributed by atoms with E-state index < -0.39 is 12.0 Å². The SMILES string of the molecule is CCC(C)[C@H](NC(=O)CCC1CCNCC1)C(=O)N1CCC(OCC(=O)O)CC1. The first-order valence-electron chi connectivity index (χ1n) is 11.0. The number of amides is 2. The Morgan fingerprint density at radius 1 is 1.17 bits per heavy atom. The second-order valence-corrected chi connectivity index (χ2v) is 8.39. The average Bonchev–Trinajstić information content (AvgIpc) is 2.74. The molecule has 2 fully saturated rings. The molecule has 2 heterocycles. The summed E-state index contributed by atoms with van der Waals surface area (Å²) in [5.41, 5.74) is 0. The van der Waals surface area contributed by atoms with Crippen LogP contribution in [0.1, 0.15) is 58.8 Å². The van der Waals surface area contributed by atoms with E-state index in [1.54, 1.807) is 4.90 Å². The molecule has 0 saturated carbocycles. The number of ether oxygens (including phenoxy) is 1.